The third kappa shape index (κ3) is 36.7. The van der Waals surface area contributed by atoms with Crippen molar-refractivity contribution in [3.8, 4) is 0 Å². The van der Waals surface area contributed by atoms with E-state index in [1.54, 1.807) is 6.08 Å². The Morgan fingerprint density at radius 2 is 0.846 bits per heavy atom. The number of hydrogen-bond donors (Lipinski definition) is 4. The average molecular weight is 730 g/mol. The summed E-state index contributed by atoms with van der Waals surface area (Å²) in [6, 6.07) is -0.815. The van der Waals surface area contributed by atoms with Crippen molar-refractivity contribution in [2.24, 2.45) is 0 Å². The summed E-state index contributed by atoms with van der Waals surface area (Å²) in [6.07, 6.45) is 54.4. The first kappa shape index (κ1) is 50.3. The van der Waals surface area contributed by atoms with Crippen LogP contribution >= 0.6 is 0 Å². The lowest BCUT2D eigenvalue weighted by molar-refractivity contribution is -0.131. The third-order valence-corrected chi connectivity index (χ3v) is 10.1. The molecule has 0 fully saturated rings. The van der Waals surface area contributed by atoms with E-state index in [0.717, 1.165) is 44.9 Å². The highest BCUT2D eigenvalue weighted by Crippen LogP contribution is 2.14. The zero-order valence-electron chi connectivity index (χ0n) is 34.4. The van der Waals surface area contributed by atoms with Crippen molar-refractivity contribution < 1.29 is 20.1 Å². The molecule has 1 amide bonds. The van der Waals surface area contributed by atoms with E-state index in [-0.39, 0.29) is 6.61 Å². The van der Waals surface area contributed by atoms with E-state index in [1.807, 2.05) is 6.08 Å². The molecule has 0 rings (SSSR count). The van der Waals surface area contributed by atoms with Gasteiger partial charge in [-0.05, 0) is 64.2 Å². The highest BCUT2D eigenvalue weighted by atomic mass is 16.3. The van der Waals surface area contributed by atoms with Crippen molar-refractivity contribution in [2.75, 3.05) is 6.61 Å². The number of aliphatic hydroxyl groups is 3. The molecule has 0 radical (unpaired) electrons. The van der Waals surface area contributed by atoms with E-state index in [0.29, 0.717) is 6.42 Å². The highest BCUT2D eigenvalue weighted by molar-refractivity contribution is 5.80. The molecular formula is C47H87NO4. The summed E-state index contributed by atoms with van der Waals surface area (Å²) in [5.41, 5.74) is 0. The summed E-state index contributed by atoms with van der Waals surface area (Å²) in [5.74, 6) is -0.518. The van der Waals surface area contributed by atoms with E-state index < -0.39 is 24.2 Å². The van der Waals surface area contributed by atoms with Crippen LogP contribution in [0.15, 0.2) is 48.6 Å². The number of hydrogen-bond acceptors (Lipinski definition) is 4. The standard InChI is InChI=1S/C47H87NO4/c1-3-5-7-9-11-13-15-17-18-19-20-21-22-23-24-25-26-27-28-29-30-32-34-36-38-40-42-46(51)47(52)48-44(43-49)45(50)41-39-37-35-33-31-16-14-12-10-8-6-4-2/h20-21,23-24,31,33,39,41,44-46,49-51H,3-19,22,25-30,32,34-38,40,42-43H2,1-2H3,(H,48,52)/b21-20-,24-23-,33-31+,41-39+. The average Bonchev–Trinajstić information content (AvgIpc) is 3.15. The zero-order chi connectivity index (χ0) is 38.0. The molecule has 0 aliphatic rings. The molecule has 0 saturated heterocycles. The number of amides is 1. The van der Waals surface area contributed by atoms with Crippen LogP contribution in [-0.2, 0) is 4.79 Å². The Morgan fingerprint density at radius 3 is 1.29 bits per heavy atom. The van der Waals surface area contributed by atoms with E-state index in [4.69, 9.17) is 0 Å². The van der Waals surface area contributed by atoms with Gasteiger partial charge in [-0.1, -0.05) is 204 Å². The SMILES string of the molecule is CCCCCCCC/C=C/CC/C=C/C(O)C(CO)NC(=O)C(O)CCCCCCCCCCCC/C=C\C/C=C\CCCCCCCCCCC. The van der Waals surface area contributed by atoms with Gasteiger partial charge in [-0.15, -0.1) is 0 Å². The van der Waals surface area contributed by atoms with Gasteiger partial charge in [0.1, 0.15) is 6.10 Å². The van der Waals surface area contributed by atoms with Crippen molar-refractivity contribution in [3.63, 3.8) is 0 Å². The van der Waals surface area contributed by atoms with Crippen LogP contribution < -0.4 is 5.32 Å². The van der Waals surface area contributed by atoms with Crippen molar-refractivity contribution in [1.29, 1.82) is 0 Å². The van der Waals surface area contributed by atoms with Gasteiger partial charge in [0, 0.05) is 0 Å². The highest BCUT2D eigenvalue weighted by Gasteiger charge is 2.22. The van der Waals surface area contributed by atoms with Gasteiger partial charge in [-0.3, -0.25) is 4.79 Å². The van der Waals surface area contributed by atoms with Crippen LogP contribution in [-0.4, -0.2) is 46.1 Å². The minimum absolute atomic E-state index is 0.378. The number of allylic oxidation sites excluding steroid dienone is 7. The van der Waals surface area contributed by atoms with Crippen LogP contribution in [0, 0.1) is 0 Å². The summed E-state index contributed by atoms with van der Waals surface area (Å²) in [4.78, 5) is 12.4. The molecular weight excluding hydrogens is 643 g/mol. The van der Waals surface area contributed by atoms with Crippen molar-refractivity contribution in [2.45, 2.75) is 238 Å². The van der Waals surface area contributed by atoms with Crippen LogP contribution in [0.2, 0.25) is 0 Å². The maximum atomic E-state index is 12.4. The van der Waals surface area contributed by atoms with E-state index in [1.165, 1.54) is 154 Å². The van der Waals surface area contributed by atoms with E-state index >= 15 is 0 Å². The molecule has 0 heterocycles. The smallest absolute Gasteiger partial charge is 0.249 e. The lowest BCUT2D eigenvalue weighted by Crippen LogP contribution is -2.48. The first-order valence-electron chi connectivity index (χ1n) is 22.5. The molecule has 304 valence electrons. The summed E-state index contributed by atoms with van der Waals surface area (Å²) in [6.45, 7) is 4.15. The first-order chi connectivity index (χ1) is 25.6. The molecule has 0 bridgehead atoms. The molecule has 0 aromatic carbocycles. The fourth-order valence-electron chi connectivity index (χ4n) is 6.58. The van der Waals surface area contributed by atoms with Gasteiger partial charge in [-0.2, -0.15) is 0 Å². The van der Waals surface area contributed by atoms with Gasteiger partial charge in [0.05, 0.1) is 18.8 Å². The van der Waals surface area contributed by atoms with Gasteiger partial charge < -0.3 is 20.6 Å². The molecule has 0 aromatic rings. The summed E-state index contributed by atoms with van der Waals surface area (Å²) in [5, 5.41) is 33.0. The third-order valence-electron chi connectivity index (χ3n) is 10.1. The van der Waals surface area contributed by atoms with Crippen molar-refractivity contribution in [1.82, 2.24) is 5.32 Å². The normalized spacial score (nSPS) is 14.0. The minimum atomic E-state index is -1.11. The number of carbonyl (C=O) groups is 1. The molecule has 5 nitrogen and oxygen atoms in total. The van der Waals surface area contributed by atoms with Gasteiger partial charge in [0.15, 0.2) is 0 Å². The number of aliphatic hydroxyl groups excluding tert-OH is 3. The van der Waals surface area contributed by atoms with Crippen LogP contribution in [0.4, 0.5) is 0 Å². The molecule has 0 aliphatic carbocycles. The topological polar surface area (TPSA) is 89.8 Å². The molecule has 0 saturated carbocycles. The first-order valence-corrected chi connectivity index (χ1v) is 22.5. The number of carbonyl (C=O) groups excluding carboxylic acids is 1. The monoisotopic (exact) mass is 730 g/mol. The Kier molecular flexibility index (Phi) is 40.7. The maximum absolute atomic E-state index is 12.4. The number of unbranched alkanes of at least 4 members (excludes halogenated alkanes) is 26. The Hall–Kier alpha value is -1.69. The van der Waals surface area contributed by atoms with Crippen molar-refractivity contribution >= 4 is 5.91 Å². The fourth-order valence-corrected chi connectivity index (χ4v) is 6.58. The second-order valence-electron chi connectivity index (χ2n) is 15.2. The lowest BCUT2D eigenvalue weighted by atomic mass is 10.0. The Bertz CT molecular complexity index is 850. The molecule has 3 atom stereocenters. The largest absolute Gasteiger partial charge is 0.394 e. The minimum Gasteiger partial charge on any atom is -0.394 e. The quantitative estimate of drug-likeness (QED) is 0.0373. The van der Waals surface area contributed by atoms with E-state index in [9.17, 15) is 20.1 Å². The van der Waals surface area contributed by atoms with Crippen LogP contribution in [0.25, 0.3) is 0 Å². The summed E-state index contributed by atoms with van der Waals surface area (Å²) in [7, 11) is 0. The van der Waals surface area contributed by atoms with Crippen LogP contribution in [0.3, 0.4) is 0 Å². The van der Waals surface area contributed by atoms with Crippen LogP contribution in [0.1, 0.15) is 219 Å². The Balaban J connectivity index is 3.65. The second-order valence-corrected chi connectivity index (χ2v) is 15.2. The van der Waals surface area contributed by atoms with E-state index in [2.05, 4.69) is 55.6 Å². The Morgan fingerprint density at radius 1 is 0.481 bits per heavy atom. The molecule has 0 aliphatic heterocycles. The summed E-state index contributed by atoms with van der Waals surface area (Å²) < 4.78 is 0. The molecule has 3 unspecified atom stereocenters. The number of rotatable bonds is 40. The molecule has 4 N–H and O–H groups in total. The number of nitrogens with one attached hydrogen (secondary N) is 1. The van der Waals surface area contributed by atoms with Gasteiger partial charge in [0.2, 0.25) is 5.91 Å². The molecule has 5 heteroatoms. The van der Waals surface area contributed by atoms with Gasteiger partial charge in [-0.25, -0.2) is 0 Å². The molecule has 0 spiro atoms. The zero-order valence-corrected chi connectivity index (χ0v) is 34.4. The molecule has 52 heavy (non-hydrogen) atoms. The summed E-state index contributed by atoms with van der Waals surface area (Å²) >= 11 is 0. The predicted octanol–water partition coefficient (Wildman–Crippen LogP) is 12.9. The van der Waals surface area contributed by atoms with Gasteiger partial charge in [0.25, 0.3) is 0 Å². The maximum Gasteiger partial charge on any atom is 0.249 e. The molecule has 0 aromatic heterocycles. The Labute approximate surface area is 323 Å². The van der Waals surface area contributed by atoms with Crippen molar-refractivity contribution in [3.05, 3.63) is 48.6 Å². The van der Waals surface area contributed by atoms with Crippen LogP contribution in [0.5, 0.6) is 0 Å². The second kappa shape index (κ2) is 42.1. The lowest BCUT2D eigenvalue weighted by Gasteiger charge is -2.21. The van der Waals surface area contributed by atoms with Gasteiger partial charge >= 0.3 is 0 Å². The predicted molar refractivity (Wildman–Crippen MR) is 227 cm³/mol. The fraction of sp³-hybridized carbons (Fsp3) is 0.809.